The van der Waals surface area contributed by atoms with E-state index in [9.17, 15) is 4.79 Å². The van der Waals surface area contributed by atoms with Crippen LogP contribution in [0.25, 0.3) is 0 Å². The van der Waals surface area contributed by atoms with Crippen LogP contribution >= 0.6 is 0 Å². The summed E-state index contributed by atoms with van der Waals surface area (Å²) in [5.41, 5.74) is 6.09. The fourth-order valence-electron chi connectivity index (χ4n) is 1.62. The minimum absolute atomic E-state index is 0.0842. The van der Waals surface area contributed by atoms with Crippen molar-refractivity contribution in [3.05, 3.63) is 30.6 Å². The molecule has 2 aromatic rings. The quantitative estimate of drug-likeness (QED) is 0.633. The monoisotopic (exact) mass is 263 g/mol. The van der Waals surface area contributed by atoms with E-state index in [1.54, 1.807) is 18.7 Å². The van der Waals surface area contributed by atoms with E-state index in [-0.39, 0.29) is 12.5 Å². The molecule has 0 aromatic carbocycles. The van der Waals surface area contributed by atoms with Gasteiger partial charge in [-0.3, -0.25) is 4.79 Å². The van der Waals surface area contributed by atoms with Crippen molar-refractivity contribution in [2.75, 3.05) is 6.54 Å². The zero-order valence-corrected chi connectivity index (χ0v) is 10.6. The lowest BCUT2D eigenvalue weighted by Crippen LogP contribution is -2.29. The second-order valence-corrected chi connectivity index (χ2v) is 4.12. The molecule has 0 aliphatic heterocycles. The topological polar surface area (TPSA) is 104 Å². The predicted molar refractivity (Wildman–Crippen MR) is 67.8 cm³/mol. The van der Waals surface area contributed by atoms with Gasteiger partial charge in [-0.05, 0) is 6.42 Å². The zero-order chi connectivity index (χ0) is 13.5. The van der Waals surface area contributed by atoms with Crippen LogP contribution in [0.4, 0.5) is 0 Å². The van der Waals surface area contributed by atoms with Crippen LogP contribution in [-0.4, -0.2) is 37.0 Å². The number of rotatable bonds is 7. The molecule has 8 nitrogen and oxygen atoms in total. The SMILES string of the molecule is NCc1cn(CC(=O)NCCCn2ccnc2)nn1. The van der Waals surface area contributed by atoms with E-state index in [2.05, 4.69) is 20.6 Å². The first kappa shape index (κ1) is 13.2. The summed E-state index contributed by atoms with van der Waals surface area (Å²) in [5, 5.41) is 10.5. The van der Waals surface area contributed by atoms with E-state index in [0.29, 0.717) is 18.8 Å². The van der Waals surface area contributed by atoms with Gasteiger partial charge in [0.25, 0.3) is 0 Å². The van der Waals surface area contributed by atoms with Crippen LogP contribution in [0, 0.1) is 0 Å². The Bertz CT molecular complexity index is 505. The van der Waals surface area contributed by atoms with Gasteiger partial charge in [-0.1, -0.05) is 5.21 Å². The molecule has 0 bridgehead atoms. The number of hydrogen-bond donors (Lipinski definition) is 2. The van der Waals surface area contributed by atoms with E-state index >= 15 is 0 Å². The molecular weight excluding hydrogens is 246 g/mol. The molecule has 0 fully saturated rings. The molecule has 2 aromatic heterocycles. The van der Waals surface area contributed by atoms with Crippen molar-refractivity contribution in [2.24, 2.45) is 5.73 Å². The molecule has 0 spiro atoms. The Balaban J connectivity index is 1.64. The Labute approximate surface area is 110 Å². The van der Waals surface area contributed by atoms with Crippen molar-refractivity contribution in [1.29, 1.82) is 0 Å². The summed E-state index contributed by atoms with van der Waals surface area (Å²) in [5.74, 6) is -0.0842. The minimum Gasteiger partial charge on any atom is -0.354 e. The minimum atomic E-state index is -0.0842. The molecule has 0 saturated heterocycles. The van der Waals surface area contributed by atoms with Gasteiger partial charge in [-0.25, -0.2) is 9.67 Å². The molecule has 1 amide bonds. The first-order valence-electron chi connectivity index (χ1n) is 6.09. The lowest BCUT2D eigenvalue weighted by atomic mass is 10.4. The lowest BCUT2D eigenvalue weighted by Gasteiger charge is -2.05. The van der Waals surface area contributed by atoms with Gasteiger partial charge in [-0.2, -0.15) is 0 Å². The Hall–Kier alpha value is -2.22. The molecule has 0 aliphatic rings. The second-order valence-electron chi connectivity index (χ2n) is 4.12. The molecule has 2 heterocycles. The molecular formula is C11H17N7O. The van der Waals surface area contributed by atoms with Crippen LogP contribution in [-0.2, 0) is 24.4 Å². The number of imidazole rings is 1. The van der Waals surface area contributed by atoms with Crippen molar-refractivity contribution in [1.82, 2.24) is 29.9 Å². The van der Waals surface area contributed by atoms with Crippen LogP contribution in [0.2, 0.25) is 0 Å². The first-order chi connectivity index (χ1) is 9.28. The van der Waals surface area contributed by atoms with E-state index in [1.807, 2.05) is 10.8 Å². The second kappa shape index (κ2) is 6.64. The van der Waals surface area contributed by atoms with Gasteiger partial charge in [0, 0.05) is 32.0 Å². The summed E-state index contributed by atoms with van der Waals surface area (Å²) in [7, 11) is 0. The third kappa shape index (κ3) is 4.18. The summed E-state index contributed by atoms with van der Waals surface area (Å²) in [6.07, 6.45) is 7.91. The van der Waals surface area contributed by atoms with Gasteiger partial charge < -0.3 is 15.6 Å². The highest BCUT2D eigenvalue weighted by Gasteiger charge is 2.04. The number of nitrogens with two attached hydrogens (primary N) is 1. The van der Waals surface area contributed by atoms with Crippen LogP contribution in [0.5, 0.6) is 0 Å². The molecule has 0 saturated carbocycles. The Kier molecular flexibility index (Phi) is 4.62. The fourth-order valence-corrected chi connectivity index (χ4v) is 1.62. The van der Waals surface area contributed by atoms with E-state index in [0.717, 1.165) is 13.0 Å². The van der Waals surface area contributed by atoms with Gasteiger partial charge in [0.1, 0.15) is 6.54 Å². The maximum atomic E-state index is 11.6. The Morgan fingerprint density at radius 1 is 1.47 bits per heavy atom. The highest BCUT2D eigenvalue weighted by molar-refractivity contribution is 5.75. The summed E-state index contributed by atoms with van der Waals surface area (Å²) >= 11 is 0. The molecule has 2 rings (SSSR count). The van der Waals surface area contributed by atoms with Gasteiger partial charge in [0.2, 0.25) is 5.91 Å². The largest absolute Gasteiger partial charge is 0.354 e. The van der Waals surface area contributed by atoms with Crippen LogP contribution in [0.3, 0.4) is 0 Å². The third-order valence-corrected chi connectivity index (χ3v) is 2.58. The number of nitrogens with one attached hydrogen (secondary N) is 1. The van der Waals surface area contributed by atoms with Crippen LogP contribution < -0.4 is 11.1 Å². The van der Waals surface area contributed by atoms with E-state index in [4.69, 9.17) is 5.73 Å². The molecule has 19 heavy (non-hydrogen) atoms. The summed E-state index contributed by atoms with van der Waals surface area (Å²) in [6, 6.07) is 0. The van der Waals surface area contributed by atoms with Crippen molar-refractivity contribution >= 4 is 5.91 Å². The highest BCUT2D eigenvalue weighted by Crippen LogP contribution is 1.92. The molecule has 0 radical (unpaired) electrons. The number of carbonyl (C=O) groups is 1. The molecule has 0 aliphatic carbocycles. The molecule has 102 valence electrons. The van der Waals surface area contributed by atoms with E-state index < -0.39 is 0 Å². The van der Waals surface area contributed by atoms with Crippen molar-refractivity contribution in [2.45, 2.75) is 26.1 Å². The normalized spacial score (nSPS) is 10.6. The maximum absolute atomic E-state index is 11.6. The number of carbonyl (C=O) groups excluding carboxylic acids is 1. The number of amides is 1. The molecule has 0 unspecified atom stereocenters. The molecule has 3 N–H and O–H groups in total. The number of hydrogen-bond acceptors (Lipinski definition) is 5. The average molecular weight is 263 g/mol. The zero-order valence-electron chi connectivity index (χ0n) is 10.6. The van der Waals surface area contributed by atoms with E-state index in [1.165, 1.54) is 4.68 Å². The van der Waals surface area contributed by atoms with Crippen molar-refractivity contribution in [3.63, 3.8) is 0 Å². The average Bonchev–Trinajstić information content (AvgIpc) is 3.05. The summed E-state index contributed by atoms with van der Waals surface area (Å²) in [6.45, 7) is 1.95. The third-order valence-electron chi connectivity index (χ3n) is 2.58. The van der Waals surface area contributed by atoms with Gasteiger partial charge >= 0.3 is 0 Å². The number of aryl methyl sites for hydroxylation is 1. The summed E-state index contributed by atoms with van der Waals surface area (Å²) in [4.78, 5) is 15.6. The maximum Gasteiger partial charge on any atom is 0.241 e. The van der Waals surface area contributed by atoms with Gasteiger partial charge in [0.15, 0.2) is 0 Å². The predicted octanol–water partition coefficient (Wildman–Crippen LogP) is -0.860. The van der Waals surface area contributed by atoms with Gasteiger partial charge in [0.05, 0.1) is 18.2 Å². The Morgan fingerprint density at radius 3 is 3.05 bits per heavy atom. The van der Waals surface area contributed by atoms with Crippen LogP contribution in [0.15, 0.2) is 24.9 Å². The highest BCUT2D eigenvalue weighted by atomic mass is 16.2. The number of aromatic nitrogens is 5. The summed E-state index contributed by atoms with van der Waals surface area (Å²) < 4.78 is 3.45. The standard InChI is InChI=1S/C11H17N7O/c12-6-10-7-18(16-15-10)8-11(19)14-2-1-4-17-5-3-13-9-17/h3,5,7,9H,1-2,4,6,8,12H2,(H,14,19). The van der Waals surface area contributed by atoms with Crippen molar-refractivity contribution in [3.8, 4) is 0 Å². The lowest BCUT2D eigenvalue weighted by molar-refractivity contribution is -0.121. The smallest absolute Gasteiger partial charge is 0.241 e. The Morgan fingerprint density at radius 2 is 2.37 bits per heavy atom. The van der Waals surface area contributed by atoms with Crippen LogP contribution in [0.1, 0.15) is 12.1 Å². The van der Waals surface area contributed by atoms with Crippen molar-refractivity contribution < 1.29 is 4.79 Å². The fraction of sp³-hybridized carbons (Fsp3) is 0.455. The molecule has 8 heteroatoms. The van der Waals surface area contributed by atoms with Gasteiger partial charge in [-0.15, -0.1) is 5.10 Å². The first-order valence-corrected chi connectivity index (χ1v) is 6.09. The number of nitrogens with zero attached hydrogens (tertiary/aromatic N) is 5. The molecule has 0 atom stereocenters.